The Hall–Kier alpha value is -1.05. The van der Waals surface area contributed by atoms with Gasteiger partial charge in [-0.15, -0.1) is 0 Å². The lowest BCUT2D eigenvalue weighted by Gasteiger charge is -2.23. The second-order valence-corrected chi connectivity index (χ2v) is 5.94. The highest BCUT2D eigenvalue weighted by atomic mass is 32.2. The monoisotopic (exact) mass is 265 g/mol. The number of rotatable bonds is 4. The van der Waals surface area contributed by atoms with E-state index in [1.165, 1.54) is 13.8 Å². The molecule has 0 radical (unpaired) electrons. The van der Waals surface area contributed by atoms with E-state index in [9.17, 15) is 17.2 Å². The van der Waals surface area contributed by atoms with Crippen LogP contribution in [-0.2, 0) is 10.0 Å². The van der Waals surface area contributed by atoms with Gasteiger partial charge >= 0.3 is 0 Å². The average molecular weight is 265 g/mol. The number of sulfonamides is 1. The molecule has 0 aliphatic heterocycles. The first-order chi connectivity index (χ1) is 7.66. The van der Waals surface area contributed by atoms with Crippen LogP contribution in [0.25, 0.3) is 0 Å². The van der Waals surface area contributed by atoms with E-state index < -0.39 is 38.7 Å². The van der Waals surface area contributed by atoms with E-state index in [4.69, 9.17) is 5.11 Å². The Morgan fingerprint density at radius 2 is 1.71 bits per heavy atom. The zero-order chi connectivity index (χ0) is 13.3. The predicted octanol–water partition coefficient (Wildman–Crippen LogP) is 1.01. The Labute approximate surface area is 98.3 Å². The molecule has 0 aliphatic rings. The highest BCUT2D eigenvalue weighted by Crippen LogP contribution is 2.15. The fourth-order valence-electron chi connectivity index (χ4n) is 1.14. The third-order valence-electron chi connectivity index (χ3n) is 1.95. The van der Waals surface area contributed by atoms with Crippen molar-refractivity contribution in [3.8, 4) is 0 Å². The molecule has 1 aromatic rings. The molecule has 0 bridgehead atoms. The van der Waals surface area contributed by atoms with E-state index in [1.54, 1.807) is 0 Å². The van der Waals surface area contributed by atoms with Gasteiger partial charge in [-0.25, -0.2) is 21.9 Å². The van der Waals surface area contributed by atoms with Crippen molar-refractivity contribution in [1.29, 1.82) is 0 Å². The Bertz CT molecular complexity index is 494. The molecule has 0 fully saturated rings. The highest BCUT2D eigenvalue weighted by Gasteiger charge is 2.26. The summed E-state index contributed by atoms with van der Waals surface area (Å²) in [6, 6.07) is 1.99. The highest BCUT2D eigenvalue weighted by molar-refractivity contribution is 7.89. The van der Waals surface area contributed by atoms with Crippen LogP contribution in [0.1, 0.15) is 13.8 Å². The quantitative estimate of drug-likeness (QED) is 0.854. The summed E-state index contributed by atoms with van der Waals surface area (Å²) in [5.41, 5.74) is -1.11. The molecule has 0 amide bonds. The molecule has 17 heavy (non-hydrogen) atoms. The molecule has 4 nitrogen and oxygen atoms in total. The second kappa shape index (κ2) is 4.67. The molecule has 0 heterocycles. The summed E-state index contributed by atoms with van der Waals surface area (Å²) in [4.78, 5) is -0.517. The molecule has 0 saturated carbocycles. The van der Waals surface area contributed by atoms with Gasteiger partial charge in [0, 0.05) is 6.07 Å². The van der Waals surface area contributed by atoms with Crippen molar-refractivity contribution in [2.24, 2.45) is 0 Å². The molecule has 96 valence electrons. The van der Waals surface area contributed by atoms with Gasteiger partial charge in [-0.1, -0.05) is 0 Å². The van der Waals surface area contributed by atoms with Gasteiger partial charge in [0.15, 0.2) is 0 Å². The predicted molar refractivity (Wildman–Crippen MR) is 57.8 cm³/mol. The van der Waals surface area contributed by atoms with Crippen LogP contribution in [0, 0.1) is 11.6 Å². The number of halogens is 2. The van der Waals surface area contributed by atoms with Gasteiger partial charge in [0.25, 0.3) is 0 Å². The van der Waals surface area contributed by atoms with Crippen molar-refractivity contribution in [3.63, 3.8) is 0 Å². The minimum atomic E-state index is -4.07. The topological polar surface area (TPSA) is 66.4 Å². The summed E-state index contributed by atoms with van der Waals surface area (Å²) in [5, 5.41) is 8.94. The van der Waals surface area contributed by atoms with Gasteiger partial charge < -0.3 is 5.11 Å². The summed E-state index contributed by atoms with van der Waals surface area (Å²) < 4.78 is 51.4. The smallest absolute Gasteiger partial charge is 0.241 e. The summed E-state index contributed by atoms with van der Waals surface area (Å²) in [6.07, 6.45) is 0. The van der Waals surface area contributed by atoms with Crippen molar-refractivity contribution < 1.29 is 22.3 Å². The molecule has 1 rings (SSSR count). The SMILES string of the molecule is CC(C)(CO)NS(=O)(=O)c1cc(F)cc(F)c1. The maximum atomic E-state index is 12.9. The first-order valence-electron chi connectivity index (χ1n) is 4.77. The van der Waals surface area contributed by atoms with Crippen LogP contribution in [0.15, 0.2) is 23.1 Å². The Morgan fingerprint density at radius 3 is 2.12 bits per heavy atom. The van der Waals surface area contributed by atoms with Crippen LogP contribution >= 0.6 is 0 Å². The third kappa shape index (κ3) is 3.72. The Balaban J connectivity index is 3.14. The van der Waals surface area contributed by atoms with Crippen LogP contribution < -0.4 is 4.72 Å². The molecule has 0 unspecified atom stereocenters. The number of benzene rings is 1. The molecule has 2 N–H and O–H groups in total. The second-order valence-electron chi connectivity index (χ2n) is 4.25. The normalized spacial score (nSPS) is 12.8. The van der Waals surface area contributed by atoms with Crippen molar-refractivity contribution in [3.05, 3.63) is 29.8 Å². The number of hydrogen-bond acceptors (Lipinski definition) is 3. The van der Waals surface area contributed by atoms with Gasteiger partial charge in [0.2, 0.25) is 10.0 Å². The zero-order valence-corrected chi connectivity index (χ0v) is 10.2. The number of nitrogens with one attached hydrogen (secondary N) is 1. The summed E-state index contributed by atoms with van der Waals surface area (Å²) >= 11 is 0. The molecule has 0 aromatic heterocycles. The molecule has 0 saturated heterocycles. The van der Waals surface area contributed by atoms with Crippen LogP contribution in [0.5, 0.6) is 0 Å². The van der Waals surface area contributed by atoms with Crippen LogP contribution in [0.3, 0.4) is 0 Å². The number of aliphatic hydroxyl groups excluding tert-OH is 1. The van der Waals surface area contributed by atoms with Crippen LogP contribution in [0.2, 0.25) is 0 Å². The van der Waals surface area contributed by atoms with Crippen LogP contribution in [0.4, 0.5) is 8.78 Å². The first-order valence-corrected chi connectivity index (χ1v) is 6.25. The van der Waals surface area contributed by atoms with E-state index in [0.717, 1.165) is 0 Å². The van der Waals surface area contributed by atoms with Gasteiger partial charge in [0.1, 0.15) is 11.6 Å². The summed E-state index contributed by atoms with van der Waals surface area (Å²) in [7, 11) is -4.07. The molecule has 1 aromatic carbocycles. The number of hydrogen-bond donors (Lipinski definition) is 2. The standard InChI is InChI=1S/C10H13F2NO3S/c1-10(2,6-14)13-17(15,16)9-4-7(11)3-8(12)5-9/h3-5,13-14H,6H2,1-2H3. The largest absolute Gasteiger partial charge is 0.394 e. The Kier molecular flexibility index (Phi) is 3.85. The molecule has 7 heteroatoms. The van der Waals surface area contributed by atoms with Gasteiger partial charge in [-0.3, -0.25) is 0 Å². The maximum absolute atomic E-state index is 12.9. The minimum Gasteiger partial charge on any atom is -0.394 e. The molecule has 0 atom stereocenters. The fraction of sp³-hybridized carbons (Fsp3) is 0.400. The van der Waals surface area contributed by atoms with E-state index in [1.807, 2.05) is 0 Å². The van der Waals surface area contributed by atoms with E-state index in [-0.39, 0.29) is 0 Å². The number of aliphatic hydroxyl groups is 1. The van der Waals surface area contributed by atoms with Crippen LogP contribution in [-0.4, -0.2) is 25.7 Å². The van der Waals surface area contributed by atoms with Crippen molar-refractivity contribution >= 4 is 10.0 Å². The van der Waals surface area contributed by atoms with Gasteiger partial charge in [-0.05, 0) is 26.0 Å². The molecular weight excluding hydrogens is 252 g/mol. The lowest BCUT2D eigenvalue weighted by atomic mass is 10.1. The van der Waals surface area contributed by atoms with E-state index in [0.29, 0.717) is 18.2 Å². The molecular formula is C10H13F2NO3S. The minimum absolute atomic E-state index is 0.440. The van der Waals surface area contributed by atoms with Gasteiger partial charge in [-0.2, -0.15) is 0 Å². The average Bonchev–Trinajstić information content (AvgIpc) is 2.14. The fourth-order valence-corrected chi connectivity index (χ4v) is 2.58. The zero-order valence-electron chi connectivity index (χ0n) is 9.37. The first kappa shape index (κ1) is 14.0. The lowest BCUT2D eigenvalue weighted by molar-refractivity contribution is 0.208. The lowest BCUT2D eigenvalue weighted by Crippen LogP contribution is -2.46. The van der Waals surface area contributed by atoms with E-state index in [2.05, 4.69) is 4.72 Å². The third-order valence-corrected chi connectivity index (χ3v) is 3.63. The van der Waals surface area contributed by atoms with Crippen molar-refractivity contribution in [2.75, 3.05) is 6.61 Å². The molecule has 0 aliphatic carbocycles. The summed E-state index contributed by atoms with van der Waals surface area (Å²) in [6.45, 7) is 2.45. The summed E-state index contributed by atoms with van der Waals surface area (Å²) in [5.74, 6) is -1.96. The Morgan fingerprint density at radius 1 is 1.24 bits per heavy atom. The van der Waals surface area contributed by atoms with E-state index >= 15 is 0 Å². The maximum Gasteiger partial charge on any atom is 0.241 e. The van der Waals surface area contributed by atoms with Crippen molar-refractivity contribution in [2.45, 2.75) is 24.3 Å². The molecule has 0 spiro atoms. The van der Waals surface area contributed by atoms with Crippen molar-refractivity contribution in [1.82, 2.24) is 4.72 Å². The van der Waals surface area contributed by atoms with Gasteiger partial charge in [0.05, 0.1) is 17.0 Å².